The first-order valence-corrected chi connectivity index (χ1v) is 11.1. The summed E-state index contributed by atoms with van der Waals surface area (Å²) in [5.41, 5.74) is 2.00. The molecule has 0 aliphatic rings. The van der Waals surface area contributed by atoms with E-state index in [-0.39, 0.29) is 5.82 Å². The number of halogens is 1. The van der Waals surface area contributed by atoms with Crippen molar-refractivity contribution in [3.8, 4) is 11.4 Å². The molecule has 9 nitrogen and oxygen atoms in total. The molecule has 4 heterocycles. The number of ether oxygens (including phenoxy) is 2. The van der Waals surface area contributed by atoms with E-state index in [1.165, 1.54) is 0 Å². The minimum atomic E-state index is -0.657. The molecule has 170 valence electrons. The SMILES string of the molecule is C[C@H](Oc1cc2ncccc2nc1NC(=O)OC(C)(C)C)c1nc(Br)ccc1-n1cccn1. The molecule has 0 aromatic carbocycles. The minimum Gasteiger partial charge on any atom is -0.480 e. The van der Waals surface area contributed by atoms with Crippen molar-refractivity contribution in [3.05, 3.63) is 65.3 Å². The molecule has 1 N–H and O–H groups in total. The van der Waals surface area contributed by atoms with Crippen LogP contribution >= 0.6 is 15.9 Å². The molecular weight excluding hydrogens is 488 g/mol. The molecule has 33 heavy (non-hydrogen) atoms. The Morgan fingerprint density at radius 3 is 2.67 bits per heavy atom. The number of amides is 1. The number of nitrogens with zero attached hydrogens (tertiary/aromatic N) is 5. The number of pyridine rings is 3. The van der Waals surface area contributed by atoms with Gasteiger partial charge in [0, 0.05) is 24.7 Å². The fourth-order valence-electron chi connectivity index (χ4n) is 3.16. The number of carbonyl (C=O) groups excluding carboxylic acids is 1. The molecule has 0 unspecified atom stereocenters. The largest absolute Gasteiger partial charge is 0.480 e. The van der Waals surface area contributed by atoms with Crippen LogP contribution in [0.15, 0.2) is 59.6 Å². The van der Waals surface area contributed by atoms with Crippen molar-refractivity contribution in [2.75, 3.05) is 5.32 Å². The van der Waals surface area contributed by atoms with Gasteiger partial charge in [-0.25, -0.2) is 19.4 Å². The zero-order valence-electron chi connectivity index (χ0n) is 18.6. The Labute approximate surface area is 199 Å². The highest BCUT2D eigenvalue weighted by Crippen LogP contribution is 2.32. The number of carbonyl (C=O) groups is 1. The fourth-order valence-corrected chi connectivity index (χ4v) is 3.48. The number of nitrogens with one attached hydrogen (secondary N) is 1. The first-order valence-electron chi connectivity index (χ1n) is 10.3. The van der Waals surface area contributed by atoms with Gasteiger partial charge >= 0.3 is 6.09 Å². The number of hydrogen-bond acceptors (Lipinski definition) is 7. The molecule has 0 bridgehead atoms. The van der Waals surface area contributed by atoms with E-state index in [1.54, 1.807) is 50.0 Å². The third-order valence-electron chi connectivity index (χ3n) is 4.48. The van der Waals surface area contributed by atoms with Crippen LogP contribution in [0.1, 0.15) is 39.5 Å². The highest BCUT2D eigenvalue weighted by molar-refractivity contribution is 9.10. The molecular formula is C23H23BrN6O3. The molecule has 0 saturated heterocycles. The lowest BCUT2D eigenvalue weighted by Crippen LogP contribution is -2.27. The summed E-state index contributed by atoms with van der Waals surface area (Å²) in [5.74, 6) is 0.569. The monoisotopic (exact) mass is 510 g/mol. The van der Waals surface area contributed by atoms with Crippen LogP contribution < -0.4 is 10.1 Å². The van der Waals surface area contributed by atoms with Crippen molar-refractivity contribution in [3.63, 3.8) is 0 Å². The summed E-state index contributed by atoms with van der Waals surface area (Å²) < 4.78 is 14.0. The molecule has 0 aliphatic carbocycles. The van der Waals surface area contributed by atoms with Gasteiger partial charge in [-0.05, 0) is 74.0 Å². The molecule has 1 atom stereocenters. The average Bonchev–Trinajstić information content (AvgIpc) is 3.27. The van der Waals surface area contributed by atoms with Crippen molar-refractivity contribution in [2.24, 2.45) is 0 Å². The van der Waals surface area contributed by atoms with E-state index in [1.807, 2.05) is 37.4 Å². The Balaban J connectivity index is 1.71. The van der Waals surface area contributed by atoms with Crippen LogP contribution in [0.5, 0.6) is 5.75 Å². The van der Waals surface area contributed by atoms with Crippen molar-refractivity contribution >= 4 is 38.9 Å². The van der Waals surface area contributed by atoms with Crippen LogP contribution in [0.25, 0.3) is 16.7 Å². The molecule has 4 aromatic heterocycles. The number of aromatic nitrogens is 5. The van der Waals surface area contributed by atoms with Crippen LogP contribution in [-0.4, -0.2) is 36.4 Å². The van der Waals surface area contributed by atoms with E-state index in [0.29, 0.717) is 27.1 Å². The van der Waals surface area contributed by atoms with Crippen LogP contribution in [-0.2, 0) is 4.74 Å². The van der Waals surface area contributed by atoms with Crippen LogP contribution in [0.2, 0.25) is 0 Å². The van der Waals surface area contributed by atoms with E-state index >= 15 is 0 Å². The van der Waals surface area contributed by atoms with E-state index in [0.717, 1.165) is 5.69 Å². The van der Waals surface area contributed by atoms with E-state index in [4.69, 9.17) is 9.47 Å². The molecule has 1 amide bonds. The molecule has 4 rings (SSSR count). The van der Waals surface area contributed by atoms with Gasteiger partial charge in [-0.2, -0.15) is 5.10 Å². The summed E-state index contributed by atoms with van der Waals surface area (Å²) in [7, 11) is 0. The maximum atomic E-state index is 12.5. The highest BCUT2D eigenvalue weighted by atomic mass is 79.9. The van der Waals surface area contributed by atoms with Gasteiger partial charge in [-0.1, -0.05) is 0 Å². The zero-order chi connectivity index (χ0) is 23.6. The lowest BCUT2D eigenvalue weighted by atomic mass is 10.2. The highest BCUT2D eigenvalue weighted by Gasteiger charge is 2.22. The summed E-state index contributed by atoms with van der Waals surface area (Å²) in [6.07, 6.45) is 4.05. The first-order chi connectivity index (χ1) is 15.7. The summed E-state index contributed by atoms with van der Waals surface area (Å²) in [4.78, 5) is 25.9. The van der Waals surface area contributed by atoms with Crippen molar-refractivity contribution in [1.29, 1.82) is 0 Å². The zero-order valence-corrected chi connectivity index (χ0v) is 20.2. The molecule has 0 spiro atoms. The van der Waals surface area contributed by atoms with Gasteiger partial charge in [0.05, 0.1) is 16.7 Å². The molecule has 0 aliphatic heterocycles. The second-order valence-corrected chi connectivity index (χ2v) is 9.07. The van der Waals surface area contributed by atoms with Crippen LogP contribution in [0.4, 0.5) is 10.6 Å². The lowest BCUT2D eigenvalue weighted by molar-refractivity contribution is 0.0634. The Morgan fingerprint density at radius 1 is 1.12 bits per heavy atom. The van der Waals surface area contributed by atoms with Crippen molar-refractivity contribution < 1.29 is 14.3 Å². The second-order valence-electron chi connectivity index (χ2n) is 8.25. The fraction of sp³-hybridized carbons (Fsp3) is 0.261. The van der Waals surface area contributed by atoms with Gasteiger partial charge < -0.3 is 9.47 Å². The molecule has 0 saturated carbocycles. The van der Waals surface area contributed by atoms with Gasteiger partial charge in [0.1, 0.15) is 22.0 Å². The van der Waals surface area contributed by atoms with Gasteiger partial charge in [0.15, 0.2) is 11.6 Å². The smallest absolute Gasteiger partial charge is 0.413 e. The Kier molecular flexibility index (Phi) is 6.28. The van der Waals surface area contributed by atoms with Crippen molar-refractivity contribution in [2.45, 2.75) is 39.4 Å². The van der Waals surface area contributed by atoms with Crippen LogP contribution in [0.3, 0.4) is 0 Å². The van der Waals surface area contributed by atoms with Crippen molar-refractivity contribution in [1.82, 2.24) is 24.7 Å². The third-order valence-corrected chi connectivity index (χ3v) is 4.92. The minimum absolute atomic E-state index is 0.229. The predicted octanol–water partition coefficient (Wildman–Crippen LogP) is 5.46. The summed E-state index contributed by atoms with van der Waals surface area (Å²) in [6, 6.07) is 10.9. The van der Waals surface area contributed by atoms with Gasteiger partial charge in [-0.3, -0.25) is 10.3 Å². The normalized spacial score (nSPS) is 12.4. The van der Waals surface area contributed by atoms with E-state index < -0.39 is 17.8 Å². The average molecular weight is 511 g/mol. The molecule has 10 heteroatoms. The van der Waals surface area contributed by atoms with Gasteiger partial charge in [-0.15, -0.1) is 0 Å². The van der Waals surface area contributed by atoms with Crippen LogP contribution in [0, 0.1) is 0 Å². The maximum Gasteiger partial charge on any atom is 0.413 e. The number of anilines is 1. The molecule has 0 radical (unpaired) electrons. The Hall–Kier alpha value is -3.53. The Bertz CT molecular complexity index is 1290. The predicted molar refractivity (Wildman–Crippen MR) is 127 cm³/mol. The molecule has 0 fully saturated rings. The summed E-state index contributed by atoms with van der Waals surface area (Å²) in [5, 5.41) is 7.01. The van der Waals surface area contributed by atoms with Gasteiger partial charge in [0.25, 0.3) is 0 Å². The van der Waals surface area contributed by atoms with Gasteiger partial charge in [0.2, 0.25) is 0 Å². The summed E-state index contributed by atoms with van der Waals surface area (Å²) >= 11 is 3.43. The maximum absolute atomic E-state index is 12.5. The Morgan fingerprint density at radius 2 is 1.94 bits per heavy atom. The number of fused-ring (bicyclic) bond motifs is 1. The van der Waals surface area contributed by atoms with E-state index in [2.05, 4.69) is 41.3 Å². The topological polar surface area (TPSA) is 104 Å². The second kappa shape index (κ2) is 9.14. The standard InChI is InChI=1S/C23H23BrN6O3/c1-14(20-17(8-9-19(24)28-20)30-12-6-11-26-30)32-18-13-16-15(7-5-10-25-16)27-21(18)29-22(31)33-23(2,3)4/h5-14H,1-4H3,(H,27,29,31)/t14-/m0/s1. The summed E-state index contributed by atoms with van der Waals surface area (Å²) in [6.45, 7) is 7.24. The number of hydrogen-bond donors (Lipinski definition) is 1. The third kappa shape index (κ3) is 5.46. The lowest BCUT2D eigenvalue weighted by Gasteiger charge is -2.22. The van der Waals surface area contributed by atoms with E-state index in [9.17, 15) is 4.79 Å². The quantitative estimate of drug-likeness (QED) is 0.355. The molecule has 4 aromatic rings. The first kappa shape index (κ1) is 22.7. The number of rotatable bonds is 5.